The lowest BCUT2D eigenvalue weighted by molar-refractivity contribution is 0.0177. The summed E-state index contributed by atoms with van der Waals surface area (Å²) in [6, 6.07) is 4.45. The van der Waals surface area contributed by atoms with Crippen LogP contribution in [0.4, 0.5) is 0 Å². The van der Waals surface area contributed by atoms with Gasteiger partial charge in [0.05, 0.1) is 4.21 Å². The minimum Gasteiger partial charge on any atom is -0.325 e. The van der Waals surface area contributed by atoms with Crippen LogP contribution in [0.3, 0.4) is 0 Å². The van der Waals surface area contributed by atoms with E-state index in [-0.39, 0.29) is 5.54 Å². The maximum atomic E-state index is 6.63. The Kier molecular flexibility index (Phi) is 2.25. The Balaban J connectivity index is 1.65. The van der Waals surface area contributed by atoms with Gasteiger partial charge >= 0.3 is 0 Å². The highest BCUT2D eigenvalue weighted by Gasteiger charge is 2.56. The SMILES string of the molecule is NC12CC3CC(C1)CC(Sc1cccs1)(C3)C2. The molecule has 0 saturated heterocycles. The molecule has 2 atom stereocenters. The van der Waals surface area contributed by atoms with Crippen molar-refractivity contribution in [2.45, 2.75) is 53.0 Å². The zero-order chi connectivity index (χ0) is 11.5. The second-order valence-corrected chi connectivity index (χ2v) is 9.26. The van der Waals surface area contributed by atoms with Gasteiger partial charge in [-0.25, -0.2) is 0 Å². The molecule has 0 spiro atoms. The topological polar surface area (TPSA) is 26.0 Å². The van der Waals surface area contributed by atoms with Gasteiger partial charge in [-0.2, -0.15) is 0 Å². The molecule has 0 amide bonds. The predicted molar refractivity (Wildman–Crippen MR) is 74.5 cm³/mol. The van der Waals surface area contributed by atoms with Crippen LogP contribution in [-0.2, 0) is 0 Å². The number of hydrogen-bond acceptors (Lipinski definition) is 3. The van der Waals surface area contributed by atoms with Gasteiger partial charge in [0.1, 0.15) is 0 Å². The van der Waals surface area contributed by atoms with Crippen molar-refractivity contribution in [3.05, 3.63) is 17.5 Å². The van der Waals surface area contributed by atoms with Gasteiger partial charge in [0.25, 0.3) is 0 Å². The van der Waals surface area contributed by atoms with E-state index in [2.05, 4.69) is 29.3 Å². The van der Waals surface area contributed by atoms with Crippen molar-refractivity contribution >= 4 is 23.1 Å². The van der Waals surface area contributed by atoms with Gasteiger partial charge in [-0.1, -0.05) is 6.07 Å². The number of thiophene rings is 1. The van der Waals surface area contributed by atoms with Crippen LogP contribution in [0.5, 0.6) is 0 Å². The van der Waals surface area contributed by atoms with Crippen molar-refractivity contribution in [3.63, 3.8) is 0 Å². The van der Waals surface area contributed by atoms with Crippen molar-refractivity contribution in [3.8, 4) is 0 Å². The van der Waals surface area contributed by atoms with Crippen LogP contribution in [0.2, 0.25) is 0 Å². The van der Waals surface area contributed by atoms with E-state index >= 15 is 0 Å². The first-order chi connectivity index (χ1) is 8.15. The minimum absolute atomic E-state index is 0.189. The molecule has 4 saturated carbocycles. The molecule has 4 aliphatic carbocycles. The van der Waals surface area contributed by atoms with Crippen molar-refractivity contribution < 1.29 is 0 Å². The molecule has 3 heteroatoms. The molecule has 4 aliphatic rings. The summed E-state index contributed by atoms with van der Waals surface area (Å²) in [6.07, 6.45) is 8.17. The van der Waals surface area contributed by atoms with Crippen LogP contribution in [0, 0.1) is 11.8 Å². The third kappa shape index (κ3) is 1.78. The maximum absolute atomic E-state index is 6.63. The zero-order valence-electron chi connectivity index (χ0n) is 10.0. The van der Waals surface area contributed by atoms with Crippen LogP contribution in [0.25, 0.3) is 0 Å². The quantitative estimate of drug-likeness (QED) is 0.878. The summed E-state index contributed by atoms with van der Waals surface area (Å²) < 4.78 is 1.99. The normalized spacial score (nSPS) is 47.6. The standard InChI is InChI=1S/C14H19NS2/c15-13-5-10-4-11(6-13)8-14(7-10,9-13)17-12-2-1-3-16-12/h1-3,10-11H,4-9,15H2. The number of hydrogen-bond donors (Lipinski definition) is 1. The molecule has 0 radical (unpaired) electrons. The zero-order valence-corrected chi connectivity index (χ0v) is 11.7. The third-order valence-corrected chi connectivity index (χ3v) is 7.31. The van der Waals surface area contributed by atoms with E-state index in [9.17, 15) is 0 Å². The Bertz CT molecular complexity index is 411. The Morgan fingerprint density at radius 1 is 1.24 bits per heavy atom. The Labute approximate surface area is 111 Å². The highest BCUT2D eigenvalue weighted by molar-refractivity contribution is 8.02. The summed E-state index contributed by atoms with van der Waals surface area (Å²) in [6.45, 7) is 0. The highest BCUT2D eigenvalue weighted by atomic mass is 32.2. The van der Waals surface area contributed by atoms with Crippen LogP contribution in [0.15, 0.2) is 21.7 Å². The first kappa shape index (κ1) is 10.9. The summed E-state index contributed by atoms with van der Waals surface area (Å²) in [4.78, 5) is 0. The number of rotatable bonds is 2. The molecular weight excluding hydrogens is 246 g/mol. The van der Waals surface area contributed by atoms with E-state index in [0.717, 1.165) is 11.8 Å². The summed E-state index contributed by atoms with van der Waals surface area (Å²) in [5, 5.41) is 2.20. The molecular formula is C14H19NS2. The first-order valence-electron chi connectivity index (χ1n) is 6.66. The van der Waals surface area contributed by atoms with E-state index in [1.54, 1.807) is 0 Å². The fourth-order valence-electron chi connectivity index (χ4n) is 4.90. The van der Waals surface area contributed by atoms with Crippen LogP contribution in [-0.4, -0.2) is 10.3 Å². The molecule has 2 N–H and O–H groups in total. The average Bonchev–Trinajstić information content (AvgIpc) is 2.64. The van der Waals surface area contributed by atoms with E-state index in [0.29, 0.717) is 4.75 Å². The van der Waals surface area contributed by atoms with E-state index < -0.39 is 0 Å². The molecule has 1 aromatic rings. The summed E-state index contributed by atoms with van der Waals surface area (Å²) in [5.74, 6) is 1.85. The van der Waals surface area contributed by atoms with E-state index in [1.807, 2.05) is 11.3 Å². The molecule has 2 unspecified atom stereocenters. The van der Waals surface area contributed by atoms with Gasteiger partial charge in [-0.05, 0) is 61.8 Å². The van der Waals surface area contributed by atoms with E-state index in [1.165, 1.54) is 42.7 Å². The molecule has 0 aliphatic heterocycles. The fourth-order valence-corrected chi connectivity index (χ4v) is 7.81. The van der Waals surface area contributed by atoms with Crippen molar-refractivity contribution in [1.29, 1.82) is 0 Å². The molecule has 17 heavy (non-hydrogen) atoms. The third-order valence-electron chi connectivity index (χ3n) is 4.86. The van der Waals surface area contributed by atoms with Gasteiger partial charge in [-0.15, -0.1) is 23.1 Å². The lowest BCUT2D eigenvalue weighted by Crippen LogP contribution is -2.61. The Hall–Kier alpha value is 0.01000. The van der Waals surface area contributed by atoms with Crippen molar-refractivity contribution in [2.75, 3.05) is 0 Å². The smallest absolute Gasteiger partial charge is 0.0603 e. The fraction of sp³-hybridized carbons (Fsp3) is 0.714. The predicted octanol–water partition coefficient (Wildman–Crippen LogP) is 3.89. The lowest BCUT2D eigenvalue weighted by atomic mass is 9.53. The maximum Gasteiger partial charge on any atom is 0.0603 e. The molecule has 5 rings (SSSR count). The number of nitrogens with two attached hydrogens (primary N) is 1. The van der Waals surface area contributed by atoms with Gasteiger partial charge in [-0.3, -0.25) is 0 Å². The molecule has 92 valence electrons. The van der Waals surface area contributed by atoms with Gasteiger partial charge < -0.3 is 5.73 Å². The van der Waals surface area contributed by atoms with Crippen LogP contribution in [0.1, 0.15) is 38.5 Å². The number of thioether (sulfide) groups is 1. The molecule has 4 bridgehead atoms. The van der Waals surface area contributed by atoms with Gasteiger partial charge in [0.15, 0.2) is 0 Å². The molecule has 1 nitrogen and oxygen atoms in total. The minimum atomic E-state index is 0.189. The molecule has 0 aromatic carbocycles. The lowest BCUT2D eigenvalue weighted by Gasteiger charge is -2.60. The monoisotopic (exact) mass is 265 g/mol. The molecule has 4 fully saturated rings. The first-order valence-corrected chi connectivity index (χ1v) is 8.36. The second kappa shape index (κ2) is 3.52. The summed E-state index contributed by atoms with van der Waals surface area (Å²) >= 11 is 4.04. The summed E-state index contributed by atoms with van der Waals surface area (Å²) in [7, 11) is 0. The van der Waals surface area contributed by atoms with Crippen LogP contribution >= 0.6 is 23.1 Å². The van der Waals surface area contributed by atoms with Crippen LogP contribution < -0.4 is 5.73 Å². The van der Waals surface area contributed by atoms with E-state index in [4.69, 9.17) is 5.73 Å². The summed E-state index contributed by atoms with van der Waals surface area (Å²) in [5.41, 5.74) is 6.81. The van der Waals surface area contributed by atoms with Crippen molar-refractivity contribution in [1.82, 2.24) is 0 Å². The largest absolute Gasteiger partial charge is 0.325 e. The highest BCUT2D eigenvalue weighted by Crippen LogP contribution is 2.62. The molecule has 1 aromatic heterocycles. The van der Waals surface area contributed by atoms with Gasteiger partial charge in [0, 0.05) is 10.3 Å². The molecule has 1 heterocycles. The Morgan fingerprint density at radius 2 is 2.00 bits per heavy atom. The second-order valence-electron chi connectivity index (χ2n) is 6.54. The van der Waals surface area contributed by atoms with Crippen molar-refractivity contribution in [2.24, 2.45) is 17.6 Å². The van der Waals surface area contributed by atoms with Gasteiger partial charge in [0.2, 0.25) is 0 Å². The average molecular weight is 265 g/mol. The Morgan fingerprint density at radius 3 is 2.59 bits per heavy atom.